The number of aromatic hydroxyl groups is 1. The number of ether oxygens (including phenoxy) is 1. The molecule has 0 saturated heterocycles. The molecule has 0 aliphatic rings. The molecule has 2 rings (SSSR count). The second-order valence-corrected chi connectivity index (χ2v) is 8.16. The number of aryl methyl sites for hydroxylation is 2. The predicted octanol–water partition coefficient (Wildman–Crippen LogP) is 1.93. The van der Waals surface area contributed by atoms with Crippen LogP contribution in [0.5, 0.6) is 11.5 Å². The van der Waals surface area contributed by atoms with E-state index < -0.39 is 22.5 Å². The third kappa shape index (κ3) is 5.23. The number of anilines is 1. The molecule has 0 heterocycles. The Bertz CT molecular complexity index is 1000. The fourth-order valence-corrected chi connectivity index (χ4v) is 3.42. The Morgan fingerprint density at radius 3 is 2.64 bits per heavy atom. The maximum Gasteiger partial charge on any atom is 0.260 e. The van der Waals surface area contributed by atoms with Crippen molar-refractivity contribution in [2.24, 2.45) is 5.10 Å². The largest absolute Gasteiger partial charge is 0.504 e. The minimum Gasteiger partial charge on any atom is -0.504 e. The van der Waals surface area contributed by atoms with Gasteiger partial charge in [0.25, 0.3) is 5.91 Å². The van der Waals surface area contributed by atoms with Gasteiger partial charge in [0.1, 0.15) is 6.54 Å². The lowest BCUT2D eigenvalue weighted by molar-refractivity contribution is -0.119. The van der Waals surface area contributed by atoms with Gasteiger partial charge in [-0.1, -0.05) is 18.2 Å². The third-order valence-electron chi connectivity index (χ3n) is 3.96. The molecule has 8 nitrogen and oxygen atoms in total. The third-order valence-corrected chi connectivity index (χ3v) is 5.09. The lowest BCUT2D eigenvalue weighted by Crippen LogP contribution is -2.39. The molecule has 150 valence electrons. The molecular weight excluding hydrogens is 382 g/mol. The molecule has 2 N–H and O–H groups in total. The quantitative estimate of drug-likeness (QED) is 0.541. The molecule has 0 saturated carbocycles. The first-order chi connectivity index (χ1) is 13.1. The number of sulfonamides is 1. The predicted molar refractivity (Wildman–Crippen MR) is 109 cm³/mol. The Hall–Kier alpha value is -3.07. The van der Waals surface area contributed by atoms with Gasteiger partial charge in [0.2, 0.25) is 10.0 Å². The molecule has 0 bridgehead atoms. The second kappa shape index (κ2) is 8.75. The molecular formula is C19H23N3O5S. The van der Waals surface area contributed by atoms with Gasteiger partial charge in [0, 0.05) is 5.56 Å². The fourth-order valence-electron chi connectivity index (χ4n) is 2.52. The Labute approximate surface area is 164 Å². The van der Waals surface area contributed by atoms with E-state index in [2.05, 4.69) is 10.5 Å². The van der Waals surface area contributed by atoms with E-state index in [0.717, 1.165) is 21.7 Å². The van der Waals surface area contributed by atoms with Gasteiger partial charge in [-0.05, 0) is 43.2 Å². The molecule has 0 unspecified atom stereocenters. The Morgan fingerprint density at radius 1 is 1.29 bits per heavy atom. The number of para-hydroxylation sites is 1. The summed E-state index contributed by atoms with van der Waals surface area (Å²) in [6.45, 7) is 3.19. The number of amides is 1. The zero-order chi connectivity index (χ0) is 20.9. The molecule has 2 aromatic carbocycles. The summed E-state index contributed by atoms with van der Waals surface area (Å²) < 4.78 is 30.4. The number of carbonyl (C=O) groups is 1. The van der Waals surface area contributed by atoms with E-state index in [4.69, 9.17) is 4.74 Å². The van der Waals surface area contributed by atoms with Crippen LogP contribution in [-0.4, -0.2) is 45.6 Å². The van der Waals surface area contributed by atoms with Crippen molar-refractivity contribution in [3.63, 3.8) is 0 Å². The molecule has 0 aromatic heterocycles. The first-order valence-electron chi connectivity index (χ1n) is 8.36. The van der Waals surface area contributed by atoms with E-state index in [1.165, 1.54) is 13.3 Å². The summed E-state index contributed by atoms with van der Waals surface area (Å²) in [6, 6.07) is 10.2. The fraction of sp³-hybridized carbons (Fsp3) is 0.263. The normalized spacial score (nSPS) is 11.4. The van der Waals surface area contributed by atoms with Crippen molar-refractivity contribution >= 4 is 27.8 Å². The molecule has 1 amide bonds. The average molecular weight is 405 g/mol. The zero-order valence-corrected chi connectivity index (χ0v) is 16.9. The summed E-state index contributed by atoms with van der Waals surface area (Å²) >= 11 is 0. The van der Waals surface area contributed by atoms with Crippen molar-refractivity contribution in [2.75, 3.05) is 24.2 Å². The van der Waals surface area contributed by atoms with Crippen LogP contribution >= 0.6 is 0 Å². The van der Waals surface area contributed by atoms with Crippen molar-refractivity contribution in [2.45, 2.75) is 13.8 Å². The Balaban J connectivity index is 2.16. The van der Waals surface area contributed by atoms with Crippen molar-refractivity contribution in [1.29, 1.82) is 0 Å². The van der Waals surface area contributed by atoms with Crippen molar-refractivity contribution in [3.8, 4) is 11.5 Å². The molecule has 0 atom stereocenters. The Kier molecular flexibility index (Phi) is 6.63. The van der Waals surface area contributed by atoms with E-state index in [-0.39, 0.29) is 11.5 Å². The number of phenolic OH excluding ortho intramolecular Hbond substituents is 1. The number of nitrogens with one attached hydrogen (secondary N) is 1. The summed E-state index contributed by atoms with van der Waals surface area (Å²) in [4.78, 5) is 12.2. The van der Waals surface area contributed by atoms with Crippen LogP contribution in [0.4, 0.5) is 5.69 Å². The highest BCUT2D eigenvalue weighted by Gasteiger charge is 2.22. The second-order valence-electron chi connectivity index (χ2n) is 6.25. The number of nitrogens with zero attached hydrogens (tertiary/aromatic N) is 2. The van der Waals surface area contributed by atoms with Crippen molar-refractivity contribution < 1.29 is 23.1 Å². The highest BCUT2D eigenvalue weighted by atomic mass is 32.2. The standard InChI is InChI=1S/C19H23N3O5S/c1-13-8-9-14(2)16(10-13)22(28(4,25)26)12-18(23)21-20-11-15-6-5-7-17(27-3)19(15)24/h5-11,24H,12H2,1-4H3,(H,21,23)/b20-11-. The summed E-state index contributed by atoms with van der Waals surface area (Å²) in [5.41, 5.74) is 4.66. The first kappa shape index (κ1) is 21.2. The molecule has 28 heavy (non-hydrogen) atoms. The van der Waals surface area contributed by atoms with Gasteiger partial charge < -0.3 is 9.84 Å². The minimum atomic E-state index is -3.68. The van der Waals surface area contributed by atoms with Crippen LogP contribution in [-0.2, 0) is 14.8 Å². The van der Waals surface area contributed by atoms with Crippen LogP contribution in [0.2, 0.25) is 0 Å². The van der Waals surface area contributed by atoms with E-state index in [9.17, 15) is 18.3 Å². The number of hydrogen-bond acceptors (Lipinski definition) is 6. The topological polar surface area (TPSA) is 108 Å². The van der Waals surface area contributed by atoms with Crippen LogP contribution in [0, 0.1) is 13.8 Å². The average Bonchev–Trinajstić information content (AvgIpc) is 2.62. The molecule has 0 aliphatic carbocycles. The molecule has 0 radical (unpaired) electrons. The smallest absolute Gasteiger partial charge is 0.260 e. The summed E-state index contributed by atoms with van der Waals surface area (Å²) in [6.07, 6.45) is 2.29. The van der Waals surface area contributed by atoms with Gasteiger partial charge in [-0.2, -0.15) is 5.10 Å². The SMILES string of the molecule is COc1cccc(/C=N\NC(=O)CN(c2cc(C)ccc2C)S(C)(=O)=O)c1O. The van der Waals surface area contributed by atoms with E-state index in [1.54, 1.807) is 37.3 Å². The van der Waals surface area contributed by atoms with Crippen LogP contribution in [0.25, 0.3) is 0 Å². The number of carbonyl (C=O) groups excluding carboxylic acids is 1. The number of hydrogen-bond donors (Lipinski definition) is 2. The minimum absolute atomic E-state index is 0.115. The number of benzene rings is 2. The van der Waals surface area contributed by atoms with Crippen molar-refractivity contribution in [1.82, 2.24) is 5.43 Å². The van der Waals surface area contributed by atoms with Gasteiger partial charge in [-0.25, -0.2) is 13.8 Å². The summed E-state index contributed by atoms with van der Waals surface area (Å²) in [7, 11) is -2.26. The highest BCUT2D eigenvalue weighted by Crippen LogP contribution is 2.28. The van der Waals surface area contributed by atoms with E-state index in [0.29, 0.717) is 11.3 Å². The lowest BCUT2D eigenvalue weighted by Gasteiger charge is -2.23. The van der Waals surface area contributed by atoms with Crippen LogP contribution in [0.3, 0.4) is 0 Å². The van der Waals surface area contributed by atoms with Gasteiger partial charge in [-0.3, -0.25) is 9.10 Å². The molecule has 0 spiro atoms. The van der Waals surface area contributed by atoms with Crippen molar-refractivity contribution in [3.05, 3.63) is 53.1 Å². The van der Waals surface area contributed by atoms with Crippen LogP contribution in [0.1, 0.15) is 16.7 Å². The lowest BCUT2D eigenvalue weighted by atomic mass is 10.1. The van der Waals surface area contributed by atoms with E-state index >= 15 is 0 Å². The zero-order valence-electron chi connectivity index (χ0n) is 16.1. The number of methoxy groups -OCH3 is 1. The number of hydrazone groups is 1. The molecule has 0 fully saturated rings. The summed E-state index contributed by atoms with van der Waals surface area (Å²) in [5.74, 6) is -0.463. The first-order valence-corrected chi connectivity index (χ1v) is 10.2. The maximum atomic E-state index is 12.2. The molecule has 9 heteroatoms. The van der Waals surface area contributed by atoms with Gasteiger partial charge in [0.05, 0.1) is 25.3 Å². The van der Waals surface area contributed by atoms with Gasteiger partial charge in [0.15, 0.2) is 11.5 Å². The Morgan fingerprint density at radius 2 is 2.00 bits per heavy atom. The van der Waals surface area contributed by atoms with Crippen LogP contribution in [0.15, 0.2) is 41.5 Å². The number of rotatable bonds is 7. The molecule has 2 aromatic rings. The molecule has 0 aliphatic heterocycles. The highest BCUT2D eigenvalue weighted by molar-refractivity contribution is 7.92. The van der Waals surface area contributed by atoms with E-state index in [1.807, 2.05) is 13.0 Å². The number of phenols is 1. The van der Waals surface area contributed by atoms with Gasteiger partial charge in [-0.15, -0.1) is 0 Å². The van der Waals surface area contributed by atoms with Gasteiger partial charge >= 0.3 is 0 Å². The maximum absolute atomic E-state index is 12.2. The summed E-state index contributed by atoms with van der Waals surface area (Å²) in [5, 5.41) is 13.8. The van der Waals surface area contributed by atoms with Crippen LogP contribution < -0.4 is 14.5 Å². The monoisotopic (exact) mass is 405 g/mol.